The Morgan fingerprint density at radius 1 is 1.05 bits per heavy atom. The average Bonchev–Trinajstić information content (AvgIpc) is 3.04. The lowest BCUT2D eigenvalue weighted by Crippen LogP contribution is -2.60. The molecular weight excluding hydrogens is 492 g/mol. The van der Waals surface area contributed by atoms with E-state index in [1.54, 1.807) is 0 Å². The molecule has 0 amide bonds. The molecule has 18 heteroatoms. The maximum Gasteiger partial charge on any atom is 0.340 e. The number of methoxy groups -OCH3 is 1. The molecule has 0 bridgehead atoms. The third-order valence-corrected chi connectivity index (χ3v) is 9.36. The van der Waals surface area contributed by atoms with Crippen molar-refractivity contribution in [1.29, 1.82) is 0 Å². The summed E-state index contributed by atoms with van der Waals surface area (Å²) < 4.78 is 55.7. The third kappa shape index (κ3) is 4.43. The normalized spacial score (nSPS) is 17.9. The SMILES string of the molecule is Bc1c(B)c(B)c(C(B)(B)S(=O)(=O)OC2=C(N)O[C@](B)(c3ccc(C(=O)OC)c(F)c3)C2=O)c(B)c1B. The number of esters is 1. The second kappa shape index (κ2) is 9.45. The Kier molecular flexibility index (Phi) is 7.33. The zero-order chi connectivity index (χ0) is 28.2. The molecule has 0 spiro atoms. The number of nitrogens with two attached hydrogens (primary N) is 1. The summed E-state index contributed by atoms with van der Waals surface area (Å²) in [5.41, 5.74) is 8.89. The molecule has 0 fully saturated rings. The Bertz CT molecular complexity index is 1470. The van der Waals surface area contributed by atoms with Crippen LogP contribution >= 0.6 is 0 Å². The van der Waals surface area contributed by atoms with Crippen LogP contribution in [0.15, 0.2) is 29.8 Å². The first-order valence-electron chi connectivity index (χ1n) is 11.6. The lowest BCUT2D eigenvalue weighted by atomic mass is 9.53. The molecule has 1 aliphatic heterocycles. The topological polar surface area (TPSA) is 122 Å². The van der Waals surface area contributed by atoms with Crippen LogP contribution in [0.5, 0.6) is 0 Å². The zero-order valence-electron chi connectivity index (χ0n) is 22.5. The Labute approximate surface area is 223 Å². The van der Waals surface area contributed by atoms with E-state index in [-0.39, 0.29) is 11.1 Å². The molecule has 0 unspecified atom stereocenters. The number of hydrogen-bond acceptors (Lipinski definition) is 8. The first kappa shape index (κ1) is 28.7. The Hall–Kier alpha value is -2.88. The largest absolute Gasteiger partial charge is 0.467 e. The van der Waals surface area contributed by atoms with Crippen molar-refractivity contribution in [2.75, 3.05) is 7.11 Å². The fourth-order valence-corrected chi connectivity index (χ4v) is 5.88. The minimum absolute atomic E-state index is 0.0114. The molecular formula is C19H24B8FNO7S. The van der Waals surface area contributed by atoms with Gasteiger partial charge in [-0.3, -0.25) is 4.79 Å². The van der Waals surface area contributed by atoms with E-state index in [2.05, 4.69) is 4.74 Å². The number of Topliss-reactive ketones (excluding diaryl/α,β-unsaturated/α-hetero) is 1. The lowest BCUT2D eigenvalue weighted by molar-refractivity contribution is -0.126. The van der Waals surface area contributed by atoms with Crippen LogP contribution in [0.25, 0.3) is 0 Å². The molecule has 1 atom stereocenters. The van der Waals surface area contributed by atoms with Crippen molar-refractivity contribution in [3.63, 3.8) is 0 Å². The lowest BCUT2D eigenvalue weighted by Gasteiger charge is -2.32. The van der Waals surface area contributed by atoms with Gasteiger partial charge in [-0.25, -0.2) is 9.18 Å². The van der Waals surface area contributed by atoms with Crippen molar-refractivity contribution in [1.82, 2.24) is 0 Å². The van der Waals surface area contributed by atoms with Crippen LogP contribution in [0.3, 0.4) is 0 Å². The minimum Gasteiger partial charge on any atom is -0.467 e. The van der Waals surface area contributed by atoms with Crippen molar-refractivity contribution in [3.05, 3.63) is 52.3 Å². The summed E-state index contributed by atoms with van der Waals surface area (Å²) in [6, 6.07) is 3.37. The standard InChI is InChI=1S/C19H24B8FNO7S/c1-34-17(31)6-3-2-5(4-7(6)28)18(25)15(30)14(16(29)35-18)36-37(32,33)19(26,27)8-9(20)11(22)13(24)12(23)10(8)21/h2-4H,20-27,29H2,1H3/t18-/m1/s1. The van der Waals surface area contributed by atoms with E-state index in [4.69, 9.17) is 14.7 Å². The van der Waals surface area contributed by atoms with Gasteiger partial charge in [0.05, 0.1) is 17.2 Å². The molecule has 0 aromatic heterocycles. The van der Waals surface area contributed by atoms with Crippen molar-refractivity contribution in [2.45, 2.75) is 10.0 Å². The summed E-state index contributed by atoms with van der Waals surface area (Å²) in [5, 5.41) is 0. The van der Waals surface area contributed by atoms with Gasteiger partial charge in [0.2, 0.25) is 17.4 Å². The van der Waals surface area contributed by atoms with Gasteiger partial charge >= 0.3 is 16.1 Å². The number of ketones is 1. The number of hydrogen-bond donors (Lipinski definition) is 1. The second-order valence-corrected chi connectivity index (χ2v) is 12.0. The maximum absolute atomic E-state index is 14.6. The van der Waals surface area contributed by atoms with Crippen molar-refractivity contribution >= 4 is 112 Å². The zero-order valence-corrected chi connectivity index (χ0v) is 23.3. The highest BCUT2D eigenvalue weighted by atomic mass is 32.2. The number of benzene rings is 2. The molecule has 1 aliphatic rings. The molecule has 8 nitrogen and oxygen atoms in total. The Morgan fingerprint density at radius 2 is 1.57 bits per heavy atom. The monoisotopic (exact) mass is 517 g/mol. The summed E-state index contributed by atoms with van der Waals surface area (Å²) in [6.07, 6.45) is 0. The van der Waals surface area contributed by atoms with Crippen molar-refractivity contribution < 1.29 is 36.1 Å². The Morgan fingerprint density at radius 3 is 2.05 bits per heavy atom. The molecule has 2 N–H and O–H groups in total. The molecule has 0 radical (unpaired) electrons. The van der Waals surface area contributed by atoms with Crippen LogP contribution < -0.4 is 33.0 Å². The van der Waals surface area contributed by atoms with E-state index in [9.17, 15) is 22.4 Å². The maximum atomic E-state index is 14.6. The van der Waals surface area contributed by atoms with Crippen molar-refractivity contribution in [2.24, 2.45) is 5.73 Å². The highest BCUT2D eigenvalue weighted by Gasteiger charge is 2.51. The van der Waals surface area contributed by atoms with Gasteiger partial charge < -0.3 is 19.4 Å². The molecule has 184 valence electrons. The quantitative estimate of drug-likeness (QED) is 0.229. The molecule has 2 aromatic carbocycles. The van der Waals surface area contributed by atoms with Crippen LogP contribution in [0.4, 0.5) is 4.39 Å². The van der Waals surface area contributed by atoms with Crippen LogP contribution in [0.2, 0.25) is 0 Å². The van der Waals surface area contributed by atoms with Gasteiger partial charge in [-0.1, -0.05) is 22.6 Å². The summed E-state index contributed by atoms with van der Waals surface area (Å²) in [4.78, 5) is 25.1. The van der Waals surface area contributed by atoms with E-state index in [1.165, 1.54) is 29.6 Å². The number of ether oxygens (including phenoxy) is 2. The summed E-state index contributed by atoms with van der Waals surface area (Å²) in [7, 11) is 10.5. The second-order valence-electron chi connectivity index (χ2n) is 9.89. The van der Waals surface area contributed by atoms with Crippen LogP contribution in [-0.4, -0.2) is 90.1 Å². The smallest absolute Gasteiger partial charge is 0.340 e. The highest BCUT2D eigenvalue weighted by Crippen LogP contribution is 2.38. The summed E-state index contributed by atoms with van der Waals surface area (Å²) in [5.74, 6) is -3.98. The van der Waals surface area contributed by atoms with Gasteiger partial charge in [-0.15, -0.1) is 16.4 Å². The first-order chi connectivity index (χ1) is 16.9. The molecule has 2 aromatic rings. The molecule has 37 heavy (non-hydrogen) atoms. The van der Waals surface area contributed by atoms with E-state index in [1.807, 2.05) is 39.2 Å². The Balaban J connectivity index is 2.02. The van der Waals surface area contributed by atoms with E-state index in [0.717, 1.165) is 46.6 Å². The van der Waals surface area contributed by atoms with Gasteiger partial charge in [0, 0.05) is 0 Å². The first-order valence-corrected chi connectivity index (χ1v) is 13.0. The number of carbonyl (C=O) groups excluding carboxylic acids is 2. The van der Waals surface area contributed by atoms with Gasteiger partial charge in [-0.05, 0) is 17.7 Å². The fourth-order valence-electron chi connectivity index (χ4n) is 4.74. The van der Waals surface area contributed by atoms with Gasteiger partial charge in [0.15, 0.2) is 13.3 Å². The summed E-state index contributed by atoms with van der Waals surface area (Å²) in [6.45, 7) is 0. The molecule has 1 heterocycles. The molecule has 3 rings (SSSR count). The number of carbonyl (C=O) groups is 2. The predicted molar refractivity (Wildman–Crippen MR) is 161 cm³/mol. The minimum atomic E-state index is -4.49. The van der Waals surface area contributed by atoms with Gasteiger partial charge in [-0.2, -0.15) is 8.42 Å². The van der Waals surface area contributed by atoms with E-state index in [0.29, 0.717) is 5.56 Å². The average molecular weight is 516 g/mol. The van der Waals surface area contributed by atoms with Gasteiger partial charge in [0.25, 0.3) is 0 Å². The summed E-state index contributed by atoms with van der Waals surface area (Å²) >= 11 is 0. The van der Waals surface area contributed by atoms with Crippen LogP contribution in [-0.2, 0) is 38.6 Å². The predicted octanol–water partition coefficient (Wildman–Crippen LogP) is -10.2. The molecule has 0 saturated heterocycles. The van der Waals surface area contributed by atoms with Crippen molar-refractivity contribution in [3.8, 4) is 0 Å². The van der Waals surface area contributed by atoms with Crippen LogP contribution in [0.1, 0.15) is 21.5 Å². The highest BCUT2D eigenvalue weighted by molar-refractivity contribution is 7.90. The molecule has 0 saturated carbocycles. The number of rotatable bonds is 6. The number of halogens is 1. The van der Waals surface area contributed by atoms with E-state index >= 15 is 0 Å². The van der Waals surface area contributed by atoms with E-state index < -0.39 is 49.4 Å². The van der Waals surface area contributed by atoms with Crippen LogP contribution in [0, 0.1) is 5.82 Å². The third-order valence-electron chi connectivity index (χ3n) is 7.52. The molecule has 0 aliphatic carbocycles. The fraction of sp³-hybridized carbons (Fsp3) is 0.158. The van der Waals surface area contributed by atoms with Gasteiger partial charge in [0.1, 0.15) is 60.7 Å².